The molecule has 1 aromatic heterocycles. The average molecular weight is 408 g/mol. The number of rotatable bonds is 5. The number of carbonyl (C=O) groups is 2. The average Bonchev–Trinajstić information content (AvgIpc) is 3.02. The van der Waals surface area contributed by atoms with Crippen molar-refractivity contribution < 1.29 is 9.59 Å². The van der Waals surface area contributed by atoms with Gasteiger partial charge in [-0.25, -0.2) is 0 Å². The molecule has 2 heterocycles. The van der Waals surface area contributed by atoms with Crippen LogP contribution < -0.4 is 5.73 Å². The van der Waals surface area contributed by atoms with Crippen LogP contribution in [0, 0.1) is 5.92 Å². The van der Waals surface area contributed by atoms with Crippen LogP contribution in [0.5, 0.6) is 0 Å². The van der Waals surface area contributed by atoms with Crippen molar-refractivity contribution in [2.75, 3.05) is 13.1 Å². The zero-order chi connectivity index (χ0) is 19.6. The SMILES string of the molecule is CC(Sc1nnc(-c2ccc(Cl)cc2)n1C)C(=O)N1CCC(C(N)=O)CC1. The first kappa shape index (κ1) is 19.7. The number of primary amides is 1. The van der Waals surface area contributed by atoms with Gasteiger partial charge < -0.3 is 15.2 Å². The molecule has 1 aromatic carbocycles. The van der Waals surface area contributed by atoms with E-state index in [1.54, 1.807) is 17.0 Å². The maximum atomic E-state index is 12.7. The van der Waals surface area contributed by atoms with Crippen molar-refractivity contribution in [1.82, 2.24) is 19.7 Å². The Balaban J connectivity index is 1.64. The van der Waals surface area contributed by atoms with E-state index in [1.807, 2.05) is 30.7 Å². The Morgan fingerprint density at radius 2 is 1.85 bits per heavy atom. The minimum Gasteiger partial charge on any atom is -0.369 e. The van der Waals surface area contributed by atoms with Crippen molar-refractivity contribution in [3.05, 3.63) is 29.3 Å². The molecular weight excluding hydrogens is 386 g/mol. The fourth-order valence-electron chi connectivity index (χ4n) is 3.12. The molecule has 0 radical (unpaired) electrons. The van der Waals surface area contributed by atoms with Crippen molar-refractivity contribution in [1.29, 1.82) is 0 Å². The minimum absolute atomic E-state index is 0.0407. The molecule has 1 saturated heterocycles. The van der Waals surface area contributed by atoms with Crippen molar-refractivity contribution in [3.8, 4) is 11.4 Å². The van der Waals surface area contributed by atoms with Gasteiger partial charge in [0.15, 0.2) is 11.0 Å². The van der Waals surface area contributed by atoms with Crippen LogP contribution in [0.4, 0.5) is 0 Å². The summed E-state index contributed by atoms with van der Waals surface area (Å²) in [5.41, 5.74) is 6.26. The van der Waals surface area contributed by atoms with Gasteiger partial charge in [-0.3, -0.25) is 9.59 Å². The summed E-state index contributed by atoms with van der Waals surface area (Å²) in [4.78, 5) is 25.8. The van der Waals surface area contributed by atoms with Gasteiger partial charge in [-0.2, -0.15) is 0 Å². The highest BCUT2D eigenvalue weighted by atomic mass is 35.5. The summed E-state index contributed by atoms with van der Waals surface area (Å²) in [5.74, 6) is 0.353. The number of aromatic nitrogens is 3. The Kier molecular flexibility index (Phi) is 6.06. The molecule has 2 amide bonds. The summed E-state index contributed by atoms with van der Waals surface area (Å²) >= 11 is 7.31. The molecule has 3 rings (SSSR count). The normalized spacial score (nSPS) is 16.3. The molecule has 1 atom stereocenters. The van der Waals surface area contributed by atoms with Gasteiger partial charge in [0.25, 0.3) is 0 Å². The fraction of sp³-hybridized carbons (Fsp3) is 0.444. The lowest BCUT2D eigenvalue weighted by molar-refractivity contribution is -0.134. The standard InChI is InChI=1S/C18H22ClN5O2S/c1-11(17(26)24-9-7-12(8-10-24)15(20)25)27-18-22-21-16(23(18)2)13-3-5-14(19)6-4-13/h3-6,11-12H,7-10H2,1-2H3,(H2,20,25). The van der Waals surface area contributed by atoms with E-state index in [1.165, 1.54) is 11.8 Å². The molecule has 1 aliphatic rings. The Bertz CT molecular complexity index is 831. The first-order chi connectivity index (χ1) is 12.9. The van der Waals surface area contributed by atoms with E-state index < -0.39 is 0 Å². The van der Waals surface area contributed by atoms with Gasteiger partial charge >= 0.3 is 0 Å². The van der Waals surface area contributed by atoms with Gasteiger partial charge in [-0.05, 0) is 44.0 Å². The molecular formula is C18H22ClN5O2S. The summed E-state index contributed by atoms with van der Waals surface area (Å²) in [5, 5.41) is 9.51. The second kappa shape index (κ2) is 8.31. The predicted octanol–water partition coefficient (Wildman–Crippen LogP) is 2.34. The second-order valence-electron chi connectivity index (χ2n) is 6.63. The highest BCUT2D eigenvalue weighted by molar-refractivity contribution is 8.00. The number of hydrogen-bond acceptors (Lipinski definition) is 5. The van der Waals surface area contributed by atoms with Gasteiger partial charge in [-0.15, -0.1) is 10.2 Å². The molecule has 0 bridgehead atoms. The topological polar surface area (TPSA) is 94.1 Å². The molecule has 0 spiro atoms. The van der Waals surface area contributed by atoms with Gasteiger partial charge in [0.05, 0.1) is 5.25 Å². The van der Waals surface area contributed by atoms with Gasteiger partial charge in [0, 0.05) is 36.6 Å². The molecule has 2 N–H and O–H groups in total. The molecule has 0 saturated carbocycles. The third-order valence-electron chi connectivity index (χ3n) is 4.78. The zero-order valence-corrected chi connectivity index (χ0v) is 16.8. The first-order valence-corrected chi connectivity index (χ1v) is 10.0. The van der Waals surface area contributed by atoms with Crippen LogP contribution in [-0.4, -0.2) is 49.8 Å². The quantitative estimate of drug-likeness (QED) is 0.767. The van der Waals surface area contributed by atoms with E-state index in [0.29, 0.717) is 36.1 Å². The number of hydrogen-bond donors (Lipinski definition) is 1. The van der Waals surface area contributed by atoms with E-state index in [4.69, 9.17) is 17.3 Å². The predicted molar refractivity (Wildman–Crippen MR) is 105 cm³/mol. The number of thioether (sulfide) groups is 1. The molecule has 1 unspecified atom stereocenters. The summed E-state index contributed by atoms with van der Waals surface area (Å²) < 4.78 is 1.87. The Labute approximate surface area is 167 Å². The van der Waals surface area contributed by atoms with Crippen LogP contribution >= 0.6 is 23.4 Å². The van der Waals surface area contributed by atoms with E-state index >= 15 is 0 Å². The highest BCUT2D eigenvalue weighted by Gasteiger charge is 2.29. The third-order valence-corrected chi connectivity index (χ3v) is 6.15. The summed E-state index contributed by atoms with van der Waals surface area (Å²) in [6, 6.07) is 7.39. The molecule has 7 nitrogen and oxygen atoms in total. The van der Waals surface area contributed by atoms with Gasteiger partial charge in [0.2, 0.25) is 11.8 Å². The summed E-state index contributed by atoms with van der Waals surface area (Å²) in [6.45, 7) is 2.99. The molecule has 27 heavy (non-hydrogen) atoms. The van der Waals surface area contributed by atoms with Crippen LogP contribution in [0.2, 0.25) is 5.02 Å². The van der Waals surface area contributed by atoms with Gasteiger partial charge in [0.1, 0.15) is 0 Å². The number of halogens is 1. The lowest BCUT2D eigenvalue weighted by Crippen LogP contribution is -2.44. The number of amides is 2. The van der Waals surface area contributed by atoms with Crippen LogP contribution in [0.15, 0.2) is 29.4 Å². The van der Waals surface area contributed by atoms with Crippen LogP contribution in [0.25, 0.3) is 11.4 Å². The third kappa shape index (κ3) is 4.44. The van der Waals surface area contributed by atoms with E-state index in [9.17, 15) is 9.59 Å². The maximum absolute atomic E-state index is 12.7. The minimum atomic E-state index is -0.295. The largest absolute Gasteiger partial charge is 0.369 e. The number of benzene rings is 1. The second-order valence-corrected chi connectivity index (χ2v) is 8.38. The molecule has 1 fully saturated rings. The molecule has 1 aliphatic heterocycles. The van der Waals surface area contributed by atoms with E-state index in [-0.39, 0.29) is 23.0 Å². The molecule has 2 aromatic rings. The van der Waals surface area contributed by atoms with Crippen molar-refractivity contribution in [2.45, 2.75) is 30.2 Å². The highest BCUT2D eigenvalue weighted by Crippen LogP contribution is 2.28. The van der Waals surface area contributed by atoms with Crippen molar-refractivity contribution in [2.24, 2.45) is 18.7 Å². The van der Waals surface area contributed by atoms with Gasteiger partial charge in [-0.1, -0.05) is 23.4 Å². The van der Waals surface area contributed by atoms with E-state index in [0.717, 1.165) is 11.4 Å². The number of likely N-dealkylation sites (tertiary alicyclic amines) is 1. The monoisotopic (exact) mass is 407 g/mol. The number of nitrogens with two attached hydrogens (primary N) is 1. The number of nitrogens with zero attached hydrogens (tertiary/aromatic N) is 4. The van der Waals surface area contributed by atoms with Crippen LogP contribution in [0.1, 0.15) is 19.8 Å². The van der Waals surface area contributed by atoms with Crippen molar-refractivity contribution >= 4 is 35.2 Å². The lowest BCUT2D eigenvalue weighted by atomic mass is 9.96. The zero-order valence-electron chi connectivity index (χ0n) is 15.3. The number of piperidine rings is 1. The van der Waals surface area contributed by atoms with Crippen LogP contribution in [-0.2, 0) is 16.6 Å². The Morgan fingerprint density at radius 1 is 1.22 bits per heavy atom. The lowest BCUT2D eigenvalue weighted by Gasteiger charge is -2.32. The summed E-state index contributed by atoms with van der Waals surface area (Å²) in [7, 11) is 1.88. The maximum Gasteiger partial charge on any atom is 0.235 e. The Hall–Kier alpha value is -2.06. The first-order valence-electron chi connectivity index (χ1n) is 8.77. The smallest absolute Gasteiger partial charge is 0.235 e. The molecule has 9 heteroatoms. The molecule has 0 aliphatic carbocycles. The Morgan fingerprint density at radius 3 is 2.44 bits per heavy atom. The van der Waals surface area contributed by atoms with Crippen molar-refractivity contribution in [3.63, 3.8) is 0 Å². The van der Waals surface area contributed by atoms with Crippen LogP contribution in [0.3, 0.4) is 0 Å². The fourth-order valence-corrected chi connectivity index (χ4v) is 4.14. The number of carbonyl (C=O) groups excluding carboxylic acids is 2. The summed E-state index contributed by atoms with van der Waals surface area (Å²) in [6.07, 6.45) is 1.26. The molecule has 144 valence electrons. The van der Waals surface area contributed by atoms with E-state index in [2.05, 4.69) is 10.2 Å².